The van der Waals surface area contributed by atoms with E-state index >= 15 is 0 Å². The van der Waals surface area contributed by atoms with Crippen LogP contribution in [0.2, 0.25) is 5.02 Å². The maximum atomic E-state index is 13.8. The van der Waals surface area contributed by atoms with Crippen LogP contribution in [-0.4, -0.2) is 28.7 Å². The van der Waals surface area contributed by atoms with Crippen LogP contribution in [0.3, 0.4) is 0 Å². The molecule has 0 saturated carbocycles. The Balaban J connectivity index is 1.35. The second-order valence-corrected chi connectivity index (χ2v) is 8.21. The number of nitrogens with one attached hydrogen (secondary N) is 2. The number of benzene rings is 2. The average molecular weight is 479 g/mol. The fourth-order valence-corrected chi connectivity index (χ4v) is 4.05. The first-order valence-electron chi connectivity index (χ1n) is 10.1. The van der Waals surface area contributed by atoms with Gasteiger partial charge in [0.25, 0.3) is 5.91 Å². The zero-order valence-electron chi connectivity index (χ0n) is 17.0. The number of fused-ring (bicyclic) bond motifs is 2. The largest absolute Gasteiger partial charge is 0.454 e. The highest BCUT2D eigenvalue weighted by Crippen LogP contribution is 2.43. The lowest BCUT2D eigenvalue weighted by atomic mass is 9.97. The van der Waals surface area contributed by atoms with Crippen LogP contribution < -0.4 is 20.1 Å². The third-order valence-corrected chi connectivity index (χ3v) is 5.84. The zero-order chi connectivity index (χ0) is 23.2. The molecule has 0 spiro atoms. The molecule has 2 atom stereocenters. The Morgan fingerprint density at radius 1 is 1.15 bits per heavy atom. The minimum absolute atomic E-state index is 0.107. The summed E-state index contributed by atoms with van der Waals surface area (Å²) in [6, 6.07) is 10.7. The maximum Gasteiger partial charge on any atom is 0.410 e. The Morgan fingerprint density at radius 2 is 1.91 bits per heavy atom. The van der Waals surface area contributed by atoms with Crippen molar-refractivity contribution in [3.63, 3.8) is 0 Å². The Hall–Kier alpha value is -3.40. The smallest absolute Gasteiger partial charge is 0.410 e. The number of halogens is 4. The molecule has 2 aliphatic heterocycles. The van der Waals surface area contributed by atoms with Crippen LogP contribution in [0, 0.1) is 0 Å². The Morgan fingerprint density at radius 3 is 2.67 bits per heavy atom. The van der Waals surface area contributed by atoms with Gasteiger partial charge in [-0.3, -0.25) is 4.79 Å². The average Bonchev–Trinajstić information content (AvgIpc) is 3.43. The highest BCUT2D eigenvalue weighted by atomic mass is 35.5. The summed E-state index contributed by atoms with van der Waals surface area (Å²) >= 11 is 5.90. The fourth-order valence-electron chi connectivity index (χ4n) is 3.92. The third kappa shape index (κ3) is 4.30. The van der Waals surface area contributed by atoms with Crippen molar-refractivity contribution >= 4 is 23.3 Å². The zero-order valence-corrected chi connectivity index (χ0v) is 17.8. The van der Waals surface area contributed by atoms with E-state index in [0.717, 1.165) is 10.2 Å². The van der Waals surface area contributed by atoms with Gasteiger partial charge < -0.3 is 20.1 Å². The molecule has 3 aromatic rings. The van der Waals surface area contributed by atoms with Crippen LogP contribution in [0.25, 0.3) is 0 Å². The van der Waals surface area contributed by atoms with E-state index in [1.165, 1.54) is 6.07 Å². The number of ether oxygens (including phenoxy) is 2. The van der Waals surface area contributed by atoms with E-state index in [1.54, 1.807) is 42.5 Å². The van der Waals surface area contributed by atoms with Crippen LogP contribution in [0.5, 0.6) is 11.5 Å². The Bertz CT molecular complexity index is 1200. The summed E-state index contributed by atoms with van der Waals surface area (Å²) in [6.07, 6.45) is -4.80. The van der Waals surface area contributed by atoms with Crippen molar-refractivity contribution < 1.29 is 27.4 Å². The quantitative estimate of drug-likeness (QED) is 0.560. The molecule has 0 radical (unpaired) electrons. The van der Waals surface area contributed by atoms with E-state index in [1.807, 2.05) is 0 Å². The lowest BCUT2D eigenvalue weighted by Gasteiger charge is -2.33. The van der Waals surface area contributed by atoms with Crippen LogP contribution in [0.1, 0.15) is 40.1 Å². The van der Waals surface area contributed by atoms with E-state index in [-0.39, 0.29) is 31.3 Å². The number of rotatable bonds is 4. The van der Waals surface area contributed by atoms with Gasteiger partial charge in [0.1, 0.15) is 5.82 Å². The molecule has 2 aliphatic rings. The summed E-state index contributed by atoms with van der Waals surface area (Å²) in [7, 11) is 0. The standard InChI is InChI=1S/C22H18ClF3N4O3/c23-14-4-2-13(3-5-14)15-8-19(22(24,25)26)30-20(28-15)9-16(29-30)21(31)27-10-12-1-6-17-18(7-12)33-11-32-17/h1-7,9,15,19,28H,8,10-11H2,(H,27,31)/t15-,19-/m0/s1. The molecular formula is C22H18ClF3N4O3. The molecule has 11 heteroatoms. The summed E-state index contributed by atoms with van der Waals surface area (Å²) in [4.78, 5) is 12.6. The molecule has 0 saturated heterocycles. The molecule has 3 heterocycles. The van der Waals surface area contributed by atoms with Crippen LogP contribution >= 0.6 is 11.6 Å². The molecule has 0 aliphatic carbocycles. The highest BCUT2D eigenvalue weighted by Gasteiger charge is 2.46. The van der Waals surface area contributed by atoms with Crippen LogP contribution in [0.15, 0.2) is 48.5 Å². The van der Waals surface area contributed by atoms with Crippen molar-refractivity contribution in [2.24, 2.45) is 0 Å². The predicted molar refractivity (Wildman–Crippen MR) is 113 cm³/mol. The van der Waals surface area contributed by atoms with Gasteiger partial charge in [-0.15, -0.1) is 0 Å². The van der Waals surface area contributed by atoms with Gasteiger partial charge >= 0.3 is 6.18 Å². The number of hydrogen-bond donors (Lipinski definition) is 2. The Labute approximate surface area is 191 Å². The first kappa shape index (κ1) is 21.4. The van der Waals surface area contributed by atoms with E-state index in [0.29, 0.717) is 22.1 Å². The monoisotopic (exact) mass is 478 g/mol. The lowest BCUT2D eigenvalue weighted by Crippen LogP contribution is -2.35. The van der Waals surface area contributed by atoms with Gasteiger partial charge in [0.2, 0.25) is 6.79 Å². The van der Waals surface area contributed by atoms with Gasteiger partial charge in [0.05, 0.1) is 6.04 Å². The Kier molecular flexibility index (Phi) is 5.32. The minimum atomic E-state index is -4.53. The second kappa shape index (κ2) is 8.18. The van der Waals surface area contributed by atoms with Gasteiger partial charge in [0.15, 0.2) is 23.2 Å². The van der Waals surface area contributed by atoms with Crippen molar-refractivity contribution in [1.29, 1.82) is 0 Å². The van der Waals surface area contributed by atoms with Gasteiger partial charge in [-0.1, -0.05) is 29.8 Å². The molecule has 7 nitrogen and oxygen atoms in total. The number of alkyl halides is 3. The molecule has 1 aromatic heterocycles. The molecule has 0 fully saturated rings. The SMILES string of the molecule is O=C(NCc1ccc2c(c1)OCO2)c1cc2n(n1)[C@H](C(F)(F)F)C[C@@H](c1ccc(Cl)cc1)N2. The fraction of sp³-hybridized carbons (Fsp3) is 0.273. The molecule has 33 heavy (non-hydrogen) atoms. The topological polar surface area (TPSA) is 77.4 Å². The minimum Gasteiger partial charge on any atom is -0.454 e. The number of nitrogens with zero attached hydrogens (tertiary/aromatic N) is 2. The lowest BCUT2D eigenvalue weighted by molar-refractivity contribution is -0.173. The van der Waals surface area contributed by atoms with E-state index < -0.39 is 24.2 Å². The summed E-state index contributed by atoms with van der Waals surface area (Å²) in [5, 5.41) is 10.2. The van der Waals surface area contributed by atoms with Gasteiger partial charge in [-0.2, -0.15) is 18.3 Å². The van der Waals surface area contributed by atoms with E-state index in [4.69, 9.17) is 21.1 Å². The summed E-state index contributed by atoms with van der Waals surface area (Å²) < 4.78 is 52.9. The maximum absolute atomic E-state index is 13.8. The third-order valence-electron chi connectivity index (χ3n) is 5.58. The molecule has 0 bridgehead atoms. The van der Waals surface area contributed by atoms with Crippen molar-refractivity contribution in [2.75, 3.05) is 12.1 Å². The van der Waals surface area contributed by atoms with Crippen LogP contribution in [0.4, 0.5) is 19.0 Å². The van der Waals surface area contributed by atoms with Gasteiger partial charge in [0, 0.05) is 24.1 Å². The first-order chi connectivity index (χ1) is 15.8. The molecule has 2 N–H and O–H groups in total. The number of carbonyl (C=O) groups excluding carboxylic acids is 1. The normalized spacial score (nSPS) is 19.0. The van der Waals surface area contributed by atoms with Gasteiger partial charge in [-0.25, -0.2) is 4.68 Å². The number of hydrogen-bond acceptors (Lipinski definition) is 5. The van der Waals surface area contributed by atoms with Crippen molar-refractivity contribution in [2.45, 2.75) is 31.2 Å². The summed E-state index contributed by atoms with van der Waals surface area (Å²) in [5.74, 6) is 0.730. The number of anilines is 1. The molecule has 1 amide bonds. The summed E-state index contributed by atoms with van der Waals surface area (Å²) in [6.45, 7) is 0.289. The van der Waals surface area contributed by atoms with Gasteiger partial charge in [-0.05, 0) is 35.4 Å². The molecule has 172 valence electrons. The first-order valence-corrected chi connectivity index (χ1v) is 10.5. The highest BCUT2D eigenvalue weighted by molar-refractivity contribution is 6.30. The molecular weight excluding hydrogens is 461 g/mol. The van der Waals surface area contributed by atoms with Crippen molar-refractivity contribution in [3.8, 4) is 11.5 Å². The van der Waals surface area contributed by atoms with Crippen molar-refractivity contribution in [1.82, 2.24) is 15.1 Å². The van der Waals surface area contributed by atoms with E-state index in [9.17, 15) is 18.0 Å². The predicted octanol–water partition coefficient (Wildman–Crippen LogP) is 4.86. The molecule has 5 rings (SSSR count). The molecule has 2 aromatic carbocycles. The second-order valence-electron chi connectivity index (χ2n) is 7.77. The molecule has 0 unspecified atom stereocenters. The number of carbonyl (C=O) groups is 1. The van der Waals surface area contributed by atoms with E-state index in [2.05, 4.69) is 15.7 Å². The number of amides is 1. The number of aromatic nitrogens is 2. The van der Waals surface area contributed by atoms with Crippen LogP contribution in [-0.2, 0) is 6.54 Å². The summed E-state index contributed by atoms with van der Waals surface area (Å²) in [5.41, 5.74) is 1.31. The van der Waals surface area contributed by atoms with Crippen molar-refractivity contribution in [3.05, 3.63) is 70.4 Å².